The summed E-state index contributed by atoms with van der Waals surface area (Å²) in [6, 6.07) is 9.51. The summed E-state index contributed by atoms with van der Waals surface area (Å²) in [6.07, 6.45) is 6.88. The third-order valence-electron chi connectivity index (χ3n) is 5.96. The molecule has 0 saturated heterocycles. The van der Waals surface area contributed by atoms with E-state index in [1.165, 1.54) is 0 Å². The maximum absolute atomic E-state index is 5.46. The van der Waals surface area contributed by atoms with Crippen molar-refractivity contribution in [2.45, 2.75) is 27.0 Å². The molecule has 0 aliphatic rings. The summed E-state index contributed by atoms with van der Waals surface area (Å²) in [5.41, 5.74) is 5.85. The van der Waals surface area contributed by atoms with Gasteiger partial charge < -0.3 is 18.9 Å². The van der Waals surface area contributed by atoms with Crippen LogP contribution in [0.25, 0.3) is 16.7 Å². The van der Waals surface area contributed by atoms with Crippen molar-refractivity contribution in [2.75, 3.05) is 14.2 Å². The Kier molecular flexibility index (Phi) is 6.01. The Labute approximate surface area is 201 Å². The molecule has 0 aliphatic heterocycles. The van der Waals surface area contributed by atoms with Crippen LogP contribution in [0.1, 0.15) is 28.2 Å². The first-order valence-corrected chi connectivity index (χ1v) is 11.0. The van der Waals surface area contributed by atoms with E-state index in [9.17, 15) is 0 Å². The number of oxime groups is 1. The van der Waals surface area contributed by atoms with Gasteiger partial charge >= 0.3 is 0 Å². The minimum Gasteiger partial charge on any atom is -0.493 e. The van der Waals surface area contributed by atoms with Crippen molar-refractivity contribution in [3.8, 4) is 11.5 Å². The van der Waals surface area contributed by atoms with Gasteiger partial charge in [0.15, 0.2) is 29.6 Å². The van der Waals surface area contributed by atoms with Crippen LogP contribution in [0, 0.1) is 13.8 Å². The monoisotopic (exact) mass is 471 g/mol. The van der Waals surface area contributed by atoms with Crippen LogP contribution in [0.5, 0.6) is 11.5 Å². The summed E-state index contributed by atoms with van der Waals surface area (Å²) in [5.74, 6) is 1.79. The summed E-state index contributed by atoms with van der Waals surface area (Å²) < 4.78 is 14.4. The quantitative estimate of drug-likeness (QED) is 0.251. The maximum Gasteiger partial charge on any atom is 0.192 e. The normalized spacial score (nSPS) is 11.5. The zero-order valence-electron chi connectivity index (χ0n) is 20.0. The number of ether oxygens (including phenoxy) is 2. The second-order valence-corrected chi connectivity index (χ2v) is 8.01. The van der Waals surface area contributed by atoms with Crippen LogP contribution >= 0.6 is 0 Å². The number of aromatic nitrogens is 6. The molecule has 0 saturated carbocycles. The van der Waals surface area contributed by atoms with Crippen molar-refractivity contribution in [3.63, 3.8) is 0 Å². The predicted octanol–water partition coefficient (Wildman–Crippen LogP) is 3.71. The smallest absolute Gasteiger partial charge is 0.192 e. The van der Waals surface area contributed by atoms with Gasteiger partial charge in [-0.1, -0.05) is 5.16 Å². The number of hydrogen-bond donors (Lipinski definition) is 0. The molecule has 4 heterocycles. The van der Waals surface area contributed by atoms with E-state index in [0.29, 0.717) is 23.9 Å². The molecule has 0 N–H and O–H groups in total. The fourth-order valence-corrected chi connectivity index (χ4v) is 4.03. The summed E-state index contributed by atoms with van der Waals surface area (Å²) in [7, 11) is 3.19. The third kappa shape index (κ3) is 4.25. The lowest BCUT2D eigenvalue weighted by molar-refractivity contribution is 0.126. The zero-order chi connectivity index (χ0) is 24.4. The van der Waals surface area contributed by atoms with Gasteiger partial charge in [-0.15, -0.1) is 5.10 Å². The van der Waals surface area contributed by atoms with Gasteiger partial charge in [-0.05, 0) is 55.3 Å². The molecule has 35 heavy (non-hydrogen) atoms. The Morgan fingerprint density at radius 3 is 2.57 bits per heavy atom. The Morgan fingerprint density at radius 2 is 1.80 bits per heavy atom. The van der Waals surface area contributed by atoms with Gasteiger partial charge in [0.2, 0.25) is 0 Å². The molecule has 1 aromatic carbocycles. The lowest BCUT2D eigenvalue weighted by Gasteiger charge is -2.07. The Hall–Kier alpha value is -4.47. The van der Waals surface area contributed by atoms with E-state index in [2.05, 4.69) is 38.6 Å². The molecule has 5 rings (SSSR count). The predicted molar refractivity (Wildman–Crippen MR) is 131 cm³/mol. The van der Waals surface area contributed by atoms with Crippen molar-refractivity contribution in [2.24, 2.45) is 5.16 Å². The SMILES string of the molecule is COc1ccc(C=NOCc2nc3c4c(C)c(C)n(Cc5ccncc5)c4ncn3n2)cc1OC. The average molecular weight is 472 g/mol. The molecule has 10 nitrogen and oxygen atoms in total. The number of rotatable bonds is 8. The van der Waals surface area contributed by atoms with Crippen LogP contribution in [-0.4, -0.2) is 49.6 Å². The summed E-state index contributed by atoms with van der Waals surface area (Å²) in [4.78, 5) is 19.0. The van der Waals surface area contributed by atoms with Crippen molar-refractivity contribution in [1.82, 2.24) is 29.1 Å². The molecular weight excluding hydrogens is 446 g/mol. The highest BCUT2D eigenvalue weighted by atomic mass is 16.6. The highest BCUT2D eigenvalue weighted by molar-refractivity contribution is 5.94. The minimum atomic E-state index is 0.128. The standard InChI is InChI=1S/C25H25N7O3/c1-16-17(2)31(13-18-7-9-26-10-8-18)24-23(16)25-29-22(30-32(25)15-27-24)14-35-28-12-19-5-6-20(33-3)21(11-19)34-4/h5-12,15H,13-14H2,1-4H3. The van der Waals surface area contributed by atoms with Gasteiger partial charge in [-0.2, -0.15) is 0 Å². The van der Waals surface area contributed by atoms with E-state index in [0.717, 1.165) is 39.1 Å². The van der Waals surface area contributed by atoms with Gasteiger partial charge in [0, 0.05) is 30.2 Å². The fourth-order valence-electron chi connectivity index (χ4n) is 4.03. The highest BCUT2D eigenvalue weighted by Crippen LogP contribution is 2.28. The largest absolute Gasteiger partial charge is 0.493 e. The van der Waals surface area contributed by atoms with Crippen LogP contribution in [0.15, 0.2) is 54.2 Å². The molecule has 4 aromatic heterocycles. The van der Waals surface area contributed by atoms with Crippen molar-refractivity contribution < 1.29 is 14.3 Å². The van der Waals surface area contributed by atoms with E-state index in [4.69, 9.17) is 19.3 Å². The molecule has 0 radical (unpaired) electrons. The first-order chi connectivity index (χ1) is 17.1. The van der Waals surface area contributed by atoms with Crippen molar-refractivity contribution in [3.05, 3.63) is 77.3 Å². The van der Waals surface area contributed by atoms with Crippen LogP contribution in [0.4, 0.5) is 0 Å². The van der Waals surface area contributed by atoms with Gasteiger partial charge in [-0.25, -0.2) is 14.5 Å². The van der Waals surface area contributed by atoms with E-state index < -0.39 is 0 Å². The Morgan fingerprint density at radius 1 is 1.00 bits per heavy atom. The molecule has 0 amide bonds. The summed E-state index contributed by atoms with van der Waals surface area (Å²) in [6.45, 7) is 5.01. The lowest BCUT2D eigenvalue weighted by Crippen LogP contribution is -2.03. The highest BCUT2D eigenvalue weighted by Gasteiger charge is 2.18. The van der Waals surface area contributed by atoms with Crippen LogP contribution < -0.4 is 9.47 Å². The van der Waals surface area contributed by atoms with Gasteiger partial charge in [0.05, 0.1) is 25.8 Å². The van der Waals surface area contributed by atoms with Crippen LogP contribution in [0.3, 0.4) is 0 Å². The van der Waals surface area contributed by atoms with Gasteiger partial charge in [0.1, 0.15) is 12.0 Å². The fraction of sp³-hybridized carbons (Fsp3) is 0.240. The first-order valence-electron chi connectivity index (χ1n) is 11.0. The summed E-state index contributed by atoms with van der Waals surface area (Å²) in [5, 5.41) is 9.54. The first kappa shape index (κ1) is 22.3. The number of fused-ring (bicyclic) bond motifs is 3. The van der Waals surface area contributed by atoms with Crippen molar-refractivity contribution >= 4 is 22.9 Å². The zero-order valence-corrected chi connectivity index (χ0v) is 20.0. The van der Waals surface area contributed by atoms with Gasteiger partial charge in [-0.3, -0.25) is 4.98 Å². The minimum absolute atomic E-state index is 0.128. The average Bonchev–Trinajstić information content (AvgIpc) is 3.41. The molecule has 0 bridgehead atoms. The second-order valence-electron chi connectivity index (χ2n) is 8.01. The van der Waals surface area contributed by atoms with E-state index in [-0.39, 0.29) is 6.61 Å². The molecule has 5 aromatic rings. The van der Waals surface area contributed by atoms with E-state index in [1.807, 2.05) is 30.3 Å². The molecule has 0 aliphatic carbocycles. The van der Waals surface area contributed by atoms with E-state index in [1.54, 1.807) is 43.7 Å². The lowest BCUT2D eigenvalue weighted by atomic mass is 10.2. The number of hydrogen-bond acceptors (Lipinski definition) is 8. The number of methoxy groups -OCH3 is 2. The number of aryl methyl sites for hydroxylation is 1. The molecule has 0 atom stereocenters. The molecule has 0 fully saturated rings. The molecule has 0 spiro atoms. The number of benzene rings is 1. The third-order valence-corrected chi connectivity index (χ3v) is 5.96. The molecule has 10 heteroatoms. The van der Waals surface area contributed by atoms with Crippen LogP contribution in [-0.2, 0) is 18.0 Å². The second kappa shape index (κ2) is 9.41. The Bertz CT molecular complexity index is 1520. The molecule has 178 valence electrons. The van der Waals surface area contributed by atoms with Crippen molar-refractivity contribution in [1.29, 1.82) is 0 Å². The summed E-state index contributed by atoms with van der Waals surface area (Å²) >= 11 is 0. The number of nitrogens with zero attached hydrogens (tertiary/aromatic N) is 7. The Balaban J connectivity index is 1.37. The molecule has 0 unspecified atom stereocenters. The van der Waals surface area contributed by atoms with E-state index >= 15 is 0 Å². The number of pyridine rings is 1. The topological polar surface area (TPSA) is 101 Å². The van der Waals surface area contributed by atoms with Gasteiger partial charge in [0.25, 0.3) is 0 Å². The molecular formula is C25H25N7O3. The maximum atomic E-state index is 5.46. The van der Waals surface area contributed by atoms with Crippen LogP contribution in [0.2, 0.25) is 0 Å².